The van der Waals surface area contributed by atoms with Gasteiger partial charge < -0.3 is 4.42 Å². The third kappa shape index (κ3) is 4.28. The fourth-order valence-electron chi connectivity index (χ4n) is 4.18. The van der Waals surface area contributed by atoms with Crippen molar-refractivity contribution in [3.8, 4) is 11.6 Å². The Labute approximate surface area is 194 Å². The number of hydrogen-bond donors (Lipinski definition) is 0. The number of aromatic nitrogens is 4. The van der Waals surface area contributed by atoms with E-state index in [4.69, 9.17) is 21.7 Å². The lowest BCUT2D eigenvalue weighted by Gasteiger charge is -2.24. The SMILES string of the molecule is S=c1n(CN2CCCC2c2cccnc2)nc(-c2ccc(Br)o2)n1Cc1ccccc1. The van der Waals surface area contributed by atoms with Crippen molar-refractivity contribution in [1.29, 1.82) is 0 Å². The molecule has 8 heteroatoms. The van der Waals surface area contributed by atoms with E-state index in [-0.39, 0.29) is 0 Å². The van der Waals surface area contributed by atoms with Crippen molar-refractivity contribution < 1.29 is 4.42 Å². The summed E-state index contributed by atoms with van der Waals surface area (Å²) in [7, 11) is 0. The normalized spacial score (nSPS) is 16.7. The molecular weight excluding hydrogens is 474 g/mol. The van der Waals surface area contributed by atoms with Gasteiger partial charge in [0.1, 0.15) is 0 Å². The minimum Gasteiger partial charge on any atom is -0.446 e. The van der Waals surface area contributed by atoms with Crippen LogP contribution in [0.2, 0.25) is 0 Å². The van der Waals surface area contributed by atoms with Gasteiger partial charge in [-0.25, -0.2) is 4.68 Å². The average Bonchev–Trinajstić information content (AvgIpc) is 3.51. The first-order chi connectivity index (χ1) is 15.2. The van der Waals surface area contributed by atoms with Crippen LogP contribution in [0.15, 0.2) is 76.1 Å². The summed E-state index contributed by atoms with van der Waals surface area (Å²) in [6.07, 6.45) is 6.04. The molecule has 1 aromatic carbocycles. The van der Waals surface area contributed by atoms with Crippen LogP contribution in [0.1, 0.15) is 30.0 Å². The molecule has 3 aromatic heterocycles. The molecule has 0 saturated carbocycles. The number of halogens is 1. The molecule has 0 amide bonds. The molecular formula is C23H22BrN5OS. The Morgan fingerprint density at radius 1 is 1.10 bits per heavy atom. The summed E-state index contributed by atoms with van der Waals surface area (Å²) in [5.74, 6) is 1.43. The Balaban J connectivity index is 1.50. The number of nitrogens with zero attached hydrogens (tertiary/aromatic N) is 5. The second-order valence-electron chi connectivity index (χ2n) is 7.68. The highest BCUT2D eigenvalue weighted by atomic mass is 79.9. The highest BCUT2D eigenvalue weighted by Gasteiger charge is 2.27. The van der Waals surface area contributed by atoms with Crippen LogP contribution in [-0.4, -0.2) is 30.8 Å². The summed E-state index contributed by atoms with van der Waals surface area (Å²) in [6, 6.07) is 18.6. The number of likely N-dealkylation sites (tertiary alicyclic amines) is 1. The van der Waals surface area contributed by atoms with Crippen LogP contribution in [0.25, 0.3) is 11.6 Å². The van der Waals surface area contributed by atoms with Crippen molar-refractivity contribution in [1.82, 2.24) is 24.2 Å². The highest BCUT2D eigenvalue weighted by Crippen LogP contribution is 2.32. The minimum absolute atomic E-state index is 0.330. The first-order valence-corrected chi connectivity index (χ1v) is 11.5. The van der Waals surface area contributed by atoms with Gasteiger partial charge in [-0.15, -0.1) is 5.10 Å². The Bertz CT molecular complexity index is 1220. The van der Waals surface area contributed by atoms with Gasteiger partial charge in [0.2, 0.25) is 0 Å². The van der Waals surface area contributed by atoms with Gasteiger partial charge in [0.05, 0.1) is 13.2 Å². The van der Waals surface area contributed by atoms with Gasteiger partial charge in [0.25, 0.3) is 0 Å². The summed E-state index contributed by atoms with van der Waals surface area (Å²) in [4.78, 5) is 6.73. The van der Waals surface area contributed by atoms with Gasteiger partial charge in [0, 0.05) is 25.0 Å². The predicted molar refractivity (Wildman–Crippen MR) is 125 cm³/mol. The zero-order chi connectivity index (χ0) is 21.2. The van der Waals surface area contributed by atoms with E-state index in [1.165, 1.54) is 11.1 Å². The lowest BCUT2D eigenvalue weighted by molar-refractivity contribution is 0.189. The zero-order valence-corrected chi connectivity index (χ0v) is 19.3. The molecule has 31 heavy (non-hydrogen) atoms. The van der Waals surface area contributed by atoms with Crippen LogP contribution in [0.5, 0.6) is 0 Å². The third-order valence-electron chi connectivity index (χ3n) is 5.65. The van der Waals surface area contributed by atoms with E-state index in [2.05, 4.69) is 44.0 Å². The van der Waals surface area contributed by atoms with Gasteiger partial charge in [-0.3, -0.25) is 14.5 Å². The Morgan fingerprint density at radius 3 is 2.71 bits per heavy atom. The van der Waals surface area contributed by atoms with Crippen LogP contribution in [-0.2, 0) is 13.2 Å². The molecule has 0 bridgehead atoms. The molecule has 1 fully saturated rings. The Morgan fingerprint density at radius 2 is 1.97 bits per heavy atom. The number of rotatable bonds is 6. The van der Waals surface area contributed by atoms with Crippen molar-refractivity contribution >= 4 is 28.1 Å². The van der Waals surface area contributed by atoms with E-state index in [1.54, 1.807) is 0 Å². The molecule has 0 spiro atoms. The summed E-state index contributed by atoms with van der Waals surface area (Å²) in [6.45, 7) is 2.28. The number of hydrogen-bond acceptors (Lipinski definition) is 5. The van der Waals surface area contributed by atoms with Crippen LogP contribution in [0.4, 0.5) is 0 Å². The second-order valence-corrected chi connectivity index (χ2v) is 8.83. The van der Waals surface area contributed by atoms with E-state index >= 15 is 0 Å². The molecule has 1 saturated heterocycles. The molecule has 1 aliphatic rings. The Hall–Kier alpha value is -2.55. The van der Waals surface area contributed by atoms with Crippen LogP contribution in [0, 0.1) is 4.77 Å². The average molecular weight is 496 g/mol. The second kappa shape index (κ2) is 8.90. The molecule has 1 unspecified atom stereocenters. The number of benzene rings is 1. The molecule has 4 aromatic rings. The van der Waals surface area contributed by atoms with E-state index < -0.39 is 0 Å². The summed E-state index contributed by atoms with van der Waals surface area (Å²) in [5.41, 5.74) is 2.41. The predicted octanol–water partition coefficient (Wildman–Crippen LogP) is 5.67. The van der Waals surface area contributed by atoms with Crippen molar-refractivity contribution in [2.24, 2.45) is 0 Å². The van der Waals surface area contributed by atoms with Crippen molar-refractivity contribution in [2.45, 2.75) is 32.1 Å². The molecule has 0 aliphatic carbocycles. The minimum atomic E-state index is 0.330. The molecule has 1 atom stereocenters. The maximum Gasteiger partial charge on any atom is 0.199 e. The van der Waals surface area contributed by atoms with Crippen LogP contribution >= 0.6 is 28.1 Å². The van der Waals surface area contributed by atoms with Gasteiger partial charge in [-0.1, -0.05) is 36.4 Å². The fraction of sp³-hybridized carbons (Fsp3) is 0.261. The summed E-state index contributed by atoms with van der Waals surface area (Å²) >= 11 is 9.28. The highest BCUT2D eigenvalue weighted by molar-refractivity contribution is 9.10. The molecule has 0 N–H and O–H groups in total. The van der Waals surface area contributed by atoms with Crippen molar-refractivity contribution in [3.05, 3.63) is 87.6 Å². The first-order valence-electron chi connectivity index (χ1n) is 10.3. The van der Waals surface area contributed by atoms with E-state index in [0.29, 0.717) is 34.5 Å². The maximum absolute atomic E-state index is 5.88. The summed E-state index contributed by atoms with van der Waals surface area (Å²) < 4.78 is 11.1. The van der Waals surface area contributed by atoms with Gasteiger partial charge in [-0.05, 0) is 70.3 Å². The maximum atomic E-state index is 5.88. The fourth-order valence-corrected chi connectivity index (χ4v) is 4.73. The van der Waals surface area contributed by atoms with Gasteiger partial charge >= 0.3 is 0 Å². The molecule has 4 heterocycles. The molecule has 158 valence electrons. The smallest absolute Gasteiger partial charge is 0.199 e. The van der Waals surface area contributed by atoms with Crippen molar-refractivity contribution in [2.75, 3.05) is 6.54 Å². The third-order valence-corrected chi connectivity index (χ3v) is 6.51. The molecule has 0 radical (unpaired) electrons. The zero-order valence-electron chi connectivity index (χ0n) is 16.9. The van der Waals surface area contributed by atoms with Gasteiger partial charge in [-0.2, -0.15) is 0 Å². The monoisotopic (exact) mass is 495 g/mol. The topological polar surface area (TPSA) is 52.0 Å². The van der Waals surface area contributed by atoms with Gasteiger partial charge in [0.15, 0.2) is 21.0 Å². The van der Waals surface area contributed by atoms with Crippen LogP contribution in [0.3, 0.4) is 0 Å². The lowest BCUT2D eigenvalue weighted by Crippen LogP contribution is -2.27. The summed E-state index contributed by atoms with van der Waals surface area (Å²) in [5, 5.41) is 4.88. The van der Waals surface area contributed by atoms with E-state index in [0.717, 1.165) is 25.2 Å². The van der Waals surface area contributed by atoms with E-state index in [9.17, 15) is 0 Å². The molecule has 6 nitrogen and oxygen atoms in total. The van der Waals surface area contributed by atoms with Crippen LogP contribution < -0.4 is 0 Å². The van der Waals surface area contributed by atoms with E-state index in [1.807, 2.05) is 58.0 Å². The quantitative estimate of drug-likeness (QED) is 0.322. The Kier molecular flexibility index (Phi) is 5.85. The lowest BCUT2D eigenvalue weighted by atomic mass is 10.1. The first kappa shape index (κ1) is 20.4. The molecule has 5 rings (SSSR count). The number of furan rings is 1. The molecule has 1 aliphatic heterocycles. The largest absolute Gasteiger partial charge is 0.446 e. The van der Waals surface area contributed by atoms with Crippen molar-refractivity contribution in [3.63, 3.8) is 0 Å². The number of pyridine rings is 1. The standard InChI is InChI=1S/C23H22BrN5OS/c24-21-11-10-20(30-21)22-26-29(23(31)28(22)15-17-6-2-1-3-7-17)16-27-13-5-9-19(27)18-8-4-12-25-14-18/h1-4,6-8,10-12,14,19H,5,9,13,15-16H2.